The first kappa shape index (κ1) is 20.7. The first-order chi connectivity index (χ1) is 15.8. The second kappa shape index (κ2) is 9.54. The van der Waals surface area contributed by atoms with Crippen LogP contribution in [0.4, 0.5) is 5.82 Å². The average Bonchev–Trinajstić information content (AvgIpc) is 3.22. The number of aromatic nitrogens is 2. The fraction of sp³-hybridized carbons (Fsp3) is 0.360. The molecule has 0 saturated carbocycles. The van der Waals surface area contributed by atoms with E-state index in [1.165, 1.54) is 0 Å². The number of anilines is 1. The van der Waals surface area contributed by atoms with E-state index in [0.717, 1.165) is 61.1 Å². The van der Waals surface area contributed by atoms with Crippen LogP contribution in [0.3, 0.4) is 0 Å². The highest BCUT2D eigenvalue weighted by Crippen LogP contribution is 2.40. The van der Waals surface area contributed by atoms with Gasteiger partial charge in [-0.2, -0.15) is 5.10 Å². The van der Waals surface area contributed by atoms with Crippen molar-refractivity contribution in [2.24, 2.45) is 0 Å². The molecule has 1 N–H and O–H groups in total. The van der Waals surface area contributed by atoms with Crippen LogP contribution in [0.2, 0.25) is 0 Å². The minimum Gasteiger partial charge on any atom is -0.492 e. The van der Waals surface area contributed by atoms with Gasteiger partial charge in [0.15, 0.2) is 0 Å². The lowest BCUT2D eigenvalue weighted by atomic mass is 9.87. The van der Waals surface area contributed by atoms with Crippen molar-refractivity contribution < 1.29 is 14.3 Å². The normalized spacial score (nSPS) is 18.8. The summed E-state index contributed by atoms with van der Waals surface area (Å²) in [7, 11) is 0. The maximum atomic E-state index is 12.6. The van der Waals surface area contributed by atoms with Crippen molar-refractivity contribution in [1.29, 1.82) is 0 Å². The largest absolute Gasteiger partial charge is 0.492 e. The minimum absolute atomic E-state index is 0.000400. The lowest BCUT2D eigenvalue weighted by molar-refractivity contribution is -0.116. The lowest BCUT2D eigenvalue weighted by Gasteiger charge is -2.27. The van der Waals surface area contributed by atoms with Crippen LogP contribution in [0.5, 0.6) is 5.75 Å². The molecule has 7 nitrogen and oxygen atoms in total. The van der Waals surface area contributed by atoms with Gasteiger partial charge in [-0.3, -0.25) is 9.69 Å². The number of carbonyl (C=O) groups is 1. The molecule has 0 radical (unpaired) electrons. The van der Waals surface area contributed by atoms with E-state index in [0.29, 0.717) is 19.6 Å². The molecule has 1 fully saturated rings. The summed E-state index contributed by atoms with van der Waals surface area (Å²) in [5.41, 5.74) is 3.20. The van der Waals surface area contributed by atoms with Gasteiger partial charge in [-0.15, -0.1) is 0 Å². The number of nitrogens with zero attached hydrogens (tertiary/aromatic N) is 3. The SMILES string of the molecule is O=C1CC(c2ccccc2OCCN2CCOCC2)c2cnn(Cc3ccccc3)c2N1. The van der Waals surface area contributed by atoms with E-state index < -0.39 is 0 Å². The Hall–Kier alpha value is -3.16. The smallest absolute Gasteiger partial charge is 0.226 e. The Bertz CT molecular complexity index is 1060. The van der Waals surface area contributed by atoms with Gasteiger partial charge in [-0.25, -0.2) is 4.68 Å². The van der Waals surface area contributed by atoms with Crippen LogP contribution in [0.1, 0.15) is 29.0 Å². The summed E-state index contributed by atoms with van der Waals surface area (Å²) in [6, 6.07) is 18.2. The molecule has 1 unspecified atom stereocenters. The first-order valence-electron chi connectivity index (χ1n) is 11.2. The van der Waals surface area contributed by atoms with Crippen LogP contribution in [-0.4, -0.2) is 60.0 Å². The standard InChI is InChI=1S/C25H28N4O3/c30-24-16-21(22-17-26-29(25(22)27-24)18-19-6-2-1-3-7-19)20-8-4-5-9-23(20)32-15-12-28-10-13-31-14-11-28/h1-9,17,21H,10-16,18H2,(H,27,30). The number of para-hydroxylation sites is 1. The predicted octanol–water partition coefficient (Wildman–Crippen LogP) is 3.12. The Balaban J connectivity index is 1.36. The Kier molecular flexibility index (Phi) is 6.18. The number of morpholine rings is 1. The van der Waals surface area contributed by atoms with Crippen LogP contribution in [-0.2, 0) is 16.1 Å². The lowest BCUT2D eigenvalue weighted by Crippen LogP contribution is -2.38. The second-order valence-electron chi connectivity index (χ2n) is 8.24. The fourth-order valence-corrected chi connectivity index (χ4v) is 4.43. The number of fused-ring (bicyclic) bond motifs is 1. The quantitative estimate of drug-likeness (QED) is 0.621. The zero-order valence-corrected chi connectivity index (χ0v) is 18.1. The van der Waals surface area contributed by atoms with Crippen LogP contribution < -0.4 is 10.1 Å². The van der Waals surface area contributed by atoms with Gasteiger partial charge in [0, 0.05) is 43.1 Å². The molecule has 166 valence electrons. The summed E-state index contributed by atoms with van der Waals surface area (Å²) in [5, 5.41) is 7.64. The Morgan fingerprint density at radius 2 is 1.81 bits per heavy atom. The molecule has 32 heavy (non-hydrogen) atoms. The number of nitrogens with one attached hydrogen (secondary N) is 1. The van der Waals surface area contributed by atoms with Crippen molar-refractivity contribution >= 4 is 11.7 Å². The molecular formula is C25H28N4O3. The molecule has 0 aliphatic carbocycles. The van der Waals surface area contributed by atoms with Crippen molar-refractivity contribution in [2.45, 2.75) is 18.9 Å². The number of carbonyl (C=O) groups excluding carboxylic acids is 1. The van der Waals surface area contributed by atoms with Crippen molar-refractivity contribution in [1.82, 2.24) is 14.7 Å². The molecule has 7 heteroatoms. The second-order valence-corrected chi connectivity index (χ2v) is 8.24. The number of ether oxygens (including phenoxy) is 2. The minimum atomic E-state index is -0.0807. The van der Waals surface area contributed by atoms with E-state index in [1.54, 1.807) is 0 Å². The molecule has 0 spiro atoms. The van der Waals surface area contributed by atoms with Crippen molar-refractivity contribution in [2.75, 3.05) is 44.8 Å². The molecule has 2 aliphatic rings. The van der Waals surface area contributed by atoms with Crippen molar-refractivity contribution in [3.63, 3.8) is 0 Å². The third-order valence-electron chi connectivity index (χ3n) is 6.13. The van der Waals surface area contributed by atoms with Crippen LogP contribution in [0.25, 0.3) is 0 Å². The van der Waals surface area contributed by atoms with Gasteiger partial charge in [0.2, 0.25) is 5.91 Å². The molecule has 3 heterocycles. The molecule has 2 aliphatic heterocycles. The van der Waals surface area contributed by atoms with E-state index in [9.17, 15) is 4.79 Å². The van der Waals surface area contributed by atoms with Crippen LogP contribution in [0, 0.1) is 0 Å². The number of hydrogen-bond donors (Lipinski definition) is 1. The molecule has 1 saturated heterocycles. The number of rotatable bonds is 7. The topological polar surface area (TPSA) is 68.6 Å². The van der Waals surface area contributed by atoms with E-state index >= 15 is 0 Å². The molecule has 2 aromatic carbocycles. The van der Waals surface area contributed by atoms with Crippen molar-refractivity contribution in [3.8, 4) is 5.75 Å². The summed E-state index contributed by atoms with van der Waals surface area (Å²) in [4.78, 5) is 15.0. The fourth-order valence-electron chi connectivity index (χ4n) is 4.43. The molecule has 1 atom stereocenters. The van der Waals surface area contributed by atoms with Gasteiger partial charge < -0.3 is 14.8 Å². The van der Waals surface area contributed by atoms with Gasteiger partial charge in [0.05, 0.1) is 26.0 Å². The highest BCUT2D eigenvalue weighted by atomic mass is 16.5. The Morgan fingerprint density at radius 1 is 1.03 bits per heavy atom. The Morgan fingerprint density at radius 3 is 2.66 bits per heavy atom. The number of hydrogen-bond acceptors (Lipinski definition) is 5. The number of amides is 1. The van der Waals surface area contributed by atoms with Crippen molar-refractivity contribution in [3.05, 3.63) is 77.5 Å². The summed E-state index contributed by atoms with van der Waals surface area (Å²) in [6.45, 7) is 5.53. The summed E-state index contributed by atoms with van der Waals surface area (Å²) >= 11 is 0. The van der Waals surface area contributed by atoms with E-state index in [4.69, 9.17) is 9.47 Å². The predicted molar refractivity (Wildman–Crippen MR) is 122 cm³/mol. The highest BCUT2D eigenvalue weighted by Gasteiger charge is 2.31. The zero-order valence-electron chi connectivity index (χ0n) is 18.1. The molecule has 5 rings (SSSR count). The summed E-state index contributed by atoms with van der Waals surface area (Å²) < 4.78 is 13.5. The summed E-state index contributed by atoms with van der Waals surface area (Å²) in [5.74, 6) is 1.53. The molecule has 1 amide bonds. The third kappa shape index (κ3) is 4.54. The van der Waals surface area contributed by atoms with Gasteiger partial charge in [-0.1, -0.05) is 48.5 Å². The average molecular weight is 433 g/mol. The van der Waals surface area contributed by atoms with Crippen LogP contribution >= 0.6 is 0 Å². The maximum absolute atomic E-state index is 12.6. The number of benzene rings is 2. The maximum Gasteiger partial charge on any atom is 0.226 e. The molecular weight excluding hydrogens is 404 g/mol. The van der Waals surface area contributed by atoms with Gasteiger partial charge in [-0.05, 0) is 11.6 Å². The summed E-state index contributed by atoms with van der Waals surface area (Å²) in [6.07, 6.45) is 2.26. The van der Waals surface area contributed by atoms with Crippen LogP contribution in [0.15, 0.2) is 60.8 Å². The van der Waals surface area contributed by atoms with Gasteiger partial charge in [0.25, 0.3) is 0 Å². The zero-order chi connectivity index (χ0) is 21.8. The third-order valence-corrected chi connectivity index (χ3v) is 6.13. The van der Waals surface area contributed by atoms with E-state index in [-0.39, 0.29) is 11.8 Å². The van der Waals surface area contributed by atoms with E-state index in [2.05, 4.69) is 33.5 Å². The highest BCUT2D eigenvalue weighted by molar-refractivity contribution is 5.94. The molecule has 3 aromatic rings. The Labute approximate surface area is 187 Å². The monoisotopic (exact) mass is 432 g/mol. The first-order valence-corrected chi connectivity index (χ1v) is 11.2. The molecule has 0 bridgehead atoms. The van der Waals surface area contributed by atoms with E-state index in [1.807, 2.05) is 47.3 Å². The molecule has 1 aromatic heterocycles. The van der Waals surface area contributed by atoms with Gasteiger partial charge >= 0.3 is 0 Å². The van der Waals surface area contributed by atoms with Gasteiger partial charge in [0.1, 0.15) is 18.2 Å².